The lowest BCUT2D eigenvalue weighted by Gasteiger charge is -2.34. The lowest BCUT2D eigenvalue weighted by atomic mass is 9.72. The van der Waals surface area contributed by atoms with Crippen LogP contribution < -0.4 is 16.2 Å². The first-order valence-corrected chi connectivity index (χ1v) is 10.8. The number of rotatable bonds is 6. The first-order valence-electron chi connectivity index (χ1n) is 10.8. The molecule has 1 aliphatic rings. The van der Waals surface area contributed by atoms with Gasteiger partial charge >= 0.3 is 0 Å². The summed E-state index contributed by atoms with van der Waals surface area (Å²) in [5.41, 5.74) is 14.9. The van der Waals surface area contributed by atoms with E-state index < -0.39 is 11.4 Å². The first-order chi connectivity index (χ1) is 15.6. The fourth-order valence-electron chi connectivity index (χ4n) is 4.00. The molecule has 4 rings (SSSR count). The van der Waals surface area contributed by atoms with Crippen molar-refractivity contribution >= 4 is 11.5 Å². The van der Waals surface area contributed by atoms with E-state index in [0.717, 1.165) is 35.7 Å². The molecule has 0 unspecified atom stereocenters. The third-order valence-electron chi connectivity index (χ3n) is 5.87. The van der Waals surface area contributed by atoms with Crippen LogP contribution in [-0.2, 0) is 5.54 Å². The second-order valence-corrected chi connectivity index (χ2v) is 9.11. The Bertz CT molecular complexity index is 1200. The highest BCUT2D eigenvalue weighted by Gasteiger charge is 2.36. The standard InChI is InChI=1S/C23H29FN8O/c1-11-20(27-10-19(28-11)23(3,4)26)13-6-14(7-13)21-30-22(32-31-21)15-8-16(24)18(33-5)9-17(15)29-12(2)25/h8-10,13-14H,6-7,26H2,1-5H3,(H2,25,29)(H,30,31,32). The Hall–Kier alpha value is -3.40. The van der Waals surface area contributed by atoms with Crippen LogP contribution in [0.3, 0.4) is 0 Å². The molecule has 1 aliphatic carbocycles. The highest BCUT2D eigenvalue weighted by atomic mass is 19.1. The molecule has 0 atom stereocenters. The summed E-state index contributed by atoms with van der Waals surface area (Å²) in [5, 5.41) is 7.32. The third-order valence-corrected chi connectivity index (χ3v) is 5.87. The Labute approximate surface area is 191 Å². The van der Waals surface area contributed by atoms with Gasteiger partial charge in [0.2, 0.25) is 0 Å². The number of amidine groups is 1. The Morgan fingerprint density at radius 2 is 1.97 bits per heavy atom. The van der Waals surface area contributed by atoms with Gasteiger partial charge in [0.1, 0.15) is 5.82 Å². The fourth-order valence-corrected chi connectivity index (χ4v) is 4.00. The van der Waals surface area contributed by atoms with E-state index in [2.05, 4.69) is 30.1 Å². The minimum absolute atomic E-state index is 0.0804. The predicted octanol–water partition coefficient (Wildman–Crippen LogP) is 3.58. The molecule has 10 heteroatoms. The van der Waals surface area contributed by atoms with Crippen LogP contribution >= 0.6 is 0 Å². The first kappa shape index (κ1) is 22.8. The Morgan fingerprint density at radius 3 is 2.58 bits per heavy atom. The van der Waals surface area contributed by atoms with E-state index in [4.69, 9.17) is 16.2 Å². The van der Waals surface area contributed by atoms with Gasteiger partial charge in [0.15, 0.2) is 17.4 Å². The van der Waals surface area contributed by atoms with E-state index in [0.29, 0.717) is 28.8 Å². The number of ether oxygens (including phenoxy) is 1. The maximum atomic E-state index is 14.4. The molecule has 33 heavy (non-hydrogen) atoms. The summed E-state index contributed by atoms with van der Waals surface area (Å²) < 4.78 is 19.4. The van der Waals surface area contributed by atoms with Crippen molar-refractivity contribution < 1.29 is 9.13 Å². The minimum atomic E-state index is -0.527. The second-order valence-electron chi connectivity index (χ2n) is 9.11. The molecule has 2 heterocycles. The number of aromatic nitrogens is 5. The molecular formula is C23H29FN8O. The van der Waals surface area contributed by atoms with Crippen LogP contribution in [0.15, 0.2) is 23.3 Å². The molecule has 0 amide bonds. The molecule has 9 nitrogen and oxygen atoms in total. The van der Waals surface area contributed by atoms with Crippen molar-refractivity contribution in [3.63, 3.8) is 0 Å². The van der Waals surface area contributed by atoms with Gasteiger partial charge in [0, 0.05) is 23.5 Å². The number of aromatic amines is 1. The van der Waals surface area contributed by atoms with Crippen molar-refractivity contribution in [2.75, 3.05) is 7.11 Å². The fraction of sp³-hybridized carbons (Fsp3) is 0.435. The number of aliphatic imine (C=N–C) groups is 1. The molecule has 0 bridgehead atoms. The van der Waals surface area contributed by atoms with Crippen LogP contribution in [-0.4, -0.2) is 38.1 Å². The van der Waals surface area contributed by atoms with Gasteiger partial charge in [-0.1, -0.05) is 0 Å². The smallest absolute Gasteiger partial charge is 0.183 e. The van der Waals surface area contributed by atoms with Crippen LogP contribution in [0, 0.1) is 12.7 Å². The molecule has 3 aromatic rings. The van der Waals surface area contributed by atoms with E-state index in [-0.39, 0.29) is 11.7 Å². The molecular weight excluding hydrogens is 423 g/mol. The van der Waals surface area contributed by atoms with Crippen molar-refractivity contribution in [1.29, 1.82) is 0 Å². The third kappa shape index (κ3) is 4.56. The second kappa shape index (κ2) is 8.51. The zero-order valence-corrected chi connectivity index (χ0v) is 19.5. The van der Waals surface area contributed by atoms with Crippen LogP contribution in [0.2, 0.25) is 0 Å². The van der Waals surface area contributed by atoms with Gasteiger partial charge in [0.05, 0.1) is 47.5 Å². The van der Waals surface area contributed by atoms with E-state index in [1.54, 1.807) is 13.1 Å². The molecule has 5 N–H and O–H groups in total. The van der Waals surface area contributed by atoms with Crippen molar-refractivity contribution in [1.82, 2.24) is 25.1 Å². The molecule has 1 aromatic carbocycles. The summed E-state index contributed by atoms with van der Waals surface area (Å²) in [5.74, 6) is 1.51. The normalized spacial score (nSPS) is 18.8. The molecule has 0 saturated heterocycles. The Kier molecular flexibility index (Phi) is 5.87. The van der Waals surface area contributed by atoms with Crippen molar-refractivity contribution in [3.8, 4) is 17.1 Å². The van der Waals surface area contributed by atoms with Gasteiger partial charge in [-0.2, -0.15) is 5.10 Å². The summed E-state index contributed by atoms with van der Waals surface area (Å²) in [4.78, 5) is 18.2. The number of methoxy groups -OCH3 is 1. The van der Waals surface area contributed by atoms with Gasteiger partial charge < -0.3 is 16.2 Å². The van der Waals surface area contributed by atoms with Crippen LogP contribution in [0.25, 0.3) is 11.4 Å². The number of H-pyrrole nitrogens is 1. The molecule has 0 spiro atoms. The number of aryl methyl sites for hydroxylation is 1. The zero-order valence-electron chi connectivity index (χ0n) is 19.5. The number of nitrogens with one attached hydrogen (secondary N) is 1. The van der Waals surface area contributed by atoms with Gasteiger partial charge in [-0.15, -0.1) is 0 Å². The highest BCUT2D eigenvalue weighted by molar-refractivity contribution is 5.84. The summed E-state index contributed by atoms with van der Waals surface area (Å²) >= 11 is 0. The molecule has 1 fully saturated rings. The number of benzene rings is 1. The van der Waals surface area contributed by atoms with Gasteiger partial charge in [0.25, 0.3) is 0 Å². The minimum Gasteiger partial charge on any atom is -0.494 e. The zero-order chi connectivity index (χ0) is 23.9. The quantitative estimate of drug-likeness (QED) is 0.383. The molecule has 0 radical (unpaired) electrons. The van der Waals surface area contributed by atoms with Gasteiger partial charge in [-0.25, -0.2) is 14.4 Å². The van der Waals surface area contributed by atoms with Crippen LogP contribution in [0.1, 0.15) is 68.4 Å². The predicted molar refractivity (Wildman–Crippen MR) is 124 cm³/mol. The molecule has 1 saturated carbocycles. The van der Waals surface area contributed by atoms with E-state index in [1.807, 2.05) is 20.8 Å². The number of nitrogens with two attached hydrogens (primary N) is 2. The highest BCUT2D eigenvalue weighted by Crippen LogP contribution is 2.47. The topological polar surface area (TPSA) is 141 Å². The van der Waals surface area contributed by atoms with Crippen molar-refractivity contribution in [2.24, 2.45) is 16.5 Å². The van der Waals surface area contributed by atoms with Crippen LogP contribution in [0.5, 0.6) is 5.75 Å². The monoisotopic (exact) mass is 452 g/mol. The summed E-state index contributed by atoms with van der Waals surface area (Å²) in [6.07, 6.45) is 3.51. The van der Waals surface area contributed by atoms with E-state index in [9.17, 15) is 4.39 Å². The number of halogens is 1. The number of hydrogen-bond donors (Lipinski definition) is 3. The molecule has 174 valence electrons. The summed E-state index contributed by atoms with van der Waals surface area (Å²) in [6, 6.07) is 2.81. The lowest BCUT2D eigenvalue weighted by molar-refractivity contribution is 0.330. The summed E-state index contributed by atoms with van der Waals surface area (Å²) in [6.45, 7) is 7.45. The van der Waals surface area contributed by atoms with Crippen LogP contribution in [0.4, 0.5) is 10.1 Å². The van der Waals surface area contributed by atoms with Gasteiger partial charge in [-0.05, 0) is 46.6 Å². The summed E-state index contributed by atoms with van der Waals surface area (Å²) in [7, 11) is 1.40. The average Bonchev–Trinajstić information content (AvgIpc) is 3.17. The lowest BCUT2D eigenvalue weighted by Crippen LogP contribution is -2.31. The van der Waals surface area contributed by atoms with Crippen molar-refractivity contribution in [3.05, 3.63) is 47.1 Å². The molecule has 0 aliphatic heterocycles. The maximum Gasteiger partial charge on any atom is 0.183 e. The Morgan fingerprint density at radius 1 is 1.24 bits per heavy atom. The molecule has 2 aromatic heterocycles. The maximum absolute atomic E-state index is 14.4. The number of hydrogen-bond acceptors (Lipinski definition) is 7. The number of nitrogens with zero attached hydrogens (tertiary/aromatic N) is 5. The SMILES string of the molecule is COc1cc(N=C(C)N)c(-c2n[nH]c(C3CC(c4ncc(C(C)(C)N)nc4C)C3)n2)cc1F. The van der Waals surface area contributed by atoms with E-state index in [1.165, 1.54) is 19.2 Å². The average molecular weight is 453 g/mol. The van der Waals surface area contributed by atoms with E-state index >= 15 is 0 Å². The Balaban J connectivity index is 1.53. The van der Waals surface area contributed by atoms with Gasteiger partial charge in [-0.3, -0.25) is 15.1 Å². The van der Waals surface area contributed by atoms with Crippen molar-refractivity contribution in [2.45, 2.75) is 57.9 Å². The largest absolute Gasteiger partial charge is 0.494 e.